The SMILES string of the molecule is CSCC[C@@H](NC(=O)Cc1csc(-c2ccccn2)n1)c1nc2ccccc2[nH]1. The van der Waals surface area contributed by atoms with Crippen molar-refractivity contribution in [3.63, 3.8) is 0 Å². The minimum absolute atomic E-state index is 0.0607. The molecule has 0 spiro atoms. The molecule has 0 aliphatic carbocycles. The summed E-state index contributed by atoms with van der Waals surface area (Å²) >= 11 is 3.25. The number of para-hydroxylation sites is 2. The van der Waals surface area contributed by atoms with Crippen molar-refractivity contribution >= 4 is 40.0 Å². The average Bonchev–Trinajstić information content (AvgIpc) is 3.38. The Morgan fingerprint density at radius 1 is 1.21 bits per heavy atom. The quantitative estimate of drug-likeness (QED) is 0.443. The van der Waals surface area contributed by atoms with Gasteiger partial charge in [0, 0.05) is 11.6 Å². The highest BCUT2D eigenvalue weighted by atomic mass is 32.2. The number of thioether (sulfide) groups is 1. The Hall–Kier alpha value is -2.71. The van der Waals surface area contributed by atoms with Gasteiger partial charge >= 0.3 is 0 Å². The van der Waals surface area contributed by atoms with Crippen molar-refractivity contribution in [1.29, 1.82) is 0 Å². The van der Waals surface area contributed by atoms with Gasteiger partial charge in [0.15, 0.2) is 0 Å². The molecule has 0 unspecified atom stereocenters. The summed E-state index contributed by atoms with van der Waals surface area (Å²) in [6, 6.07) is 13.5. The number of carbonyl (C=O) groups excluding carboxylic acids is 1. The van der Waals surface area contributed by atoms with Crippen LogP contribution in [-0.2, 0) is 11.2 Å². The third-order valence-electron chi connectivity index (χ3n) is 4.46. The van der Waals surface area contributed by atoms with Gasteiger partial charge in [0.2, 0.25) is 5.91 Å². The zero-order chi connectivity index (χ0) is 20.1. The summed E-state index contributed by atoms with van der Waals surface area (Å²) in [5, 5.41) is 5.87. The van der Waals surface area contributed by atoms with Crippen molar-refractivity contribution in [1.82, 2.24) is 25.3 Å². The van der Waals surface area contributed by atoms with E-state index in [1.807, 2.05) is 47.8 Å². The van der Waals surface area contributed by atoms with E-state index in [9.17, 15) is 4.79 Å². The second-order valence-electron chi connectivity index (χ2n) is 6.58. The number of hydrogen-bond donors (Lipinski definition) is 2. The molecule has 0 fully saturated rings. The lowest BCUT2D eigenvalue weighted by molar-refractivity contribution is -0.121. The number of nitrogens with one attached hydrogen (secondary N) is 2. The molecule has 0 saturated carbocycles. The fraction of sp³-hybridized carbons (Fsp3) is 0.238. The lowest BCUT2D eigenvalue weighted by Gasteiger charge is -2.16. The number of nitrogens with zero attached hydrogens (tertiary/aromatic N) is 3. The van der Waals surface area contributed by atoms with Gasteiger partial charge in [0.1, 0.15) is 10.8 Å². The van der Waals surface area contributed by atoms with Crippen molar-refractivity contribution in [2.24, 2.45) is 0 Å². The Morgan fingerprint density at radius 2 is 2.07 bits per heavy atom. The molecule has 4 aromatic rings. The number of benzene rings is 1. The van der Waals surface area contributed by atoms with Crippen LogP contribution in [0.25, 0.3) is 21.7 Å². The highest BCUT2D eigenvalue weighted by Gasteiger charge is 2.19. The lowest BCUT2D eigenvalue weighted by Crippen LogP contribution is -2.31. The van der Waals surface area contributed by atoms with Crippen LogP contribution in [-0.4, -0.2) is 37.9 Å². The van der Waals surface area contributed by atoms with Gasteiger partial charge in [-0.15, -0.1) is 11.3 Å². The summed E-state index contributed by atoms with van der Waals surface area (Å²) in [4.78, 5) is 29.6. The predicted molar refractivity (Wildman–Crippen MR) is 119 cm³/mol. The van der Waals surface area contributed by atoms with Crippen LogP contribution < -0.4 is 5.32 Å². The third kappa shape index (κ3) is 4.83. The minimum atomic E-state index is -0.156. The van der Waals surface area contributed by atoms with Crippen LogP contribution in [0.5, 0.6) is 0 Å². The van der Waals surface area contributed by atoms with E-state index >= 15 is 0 Å². The van der Waals surface area contributed by atoms with Gasteiger partial charge in [-0.05, 0) is 42.7 Å². The summed E-state index contributed by atoms with van der Waals surface area (Å²) in [6.45, 7) is 0. The molecule has 3 aromatic heterocycles. The van der Waals surface area contributed by atoms with E-state index in [1.165, 1.54) is 11.3 Å². The number of pyridine rings is 1. The molecule has 6 nitrogen and oxygen atoms in total. The van der Waals surface area contributed by atoms with Gasteiger partial charge in [-0.3, -0.25) is 9.78 Å². The molecule has 29 heavy (non-hydrogen) atoms. The Balaban J connectivity index is 1.46. The Bertz CT molecular complexity index is 1060. The van der Waals surface area contributed by atoms with Crippen LogP contribution in [0.15, 0.2) is 54.0 Å². The standard InChI is InChI=1S/C21H21N5OS2/c1-28-11-9-17(20-25-15-6-2-3-7-16(15)26-20)24-19(27)12-14-13-29-21(23-14)18-8-4-5-10-22-18/h2-8,10,13,17H,9,11-12H2,1H3,(H,24,27)(H,25,26)/t17-/m1/s1. The van der Waals surface area contributed by atoms with Crippen molar-refractivity contribution in [3.8, 4) is 10.7 Å². The smallest absolute Gasteiger partial charge is 0.226 e. The van der Waals surface area contributed by atoms with Crippen LogP contribution in [0.3, 0.4) is 0 Å². The maximum atomic E-state index is 12.7. The molecular weight excluding hydrogens is 402 g/mol. The molecule has 8 heteroatoms. The molecule has 1 aromatic carbocycles. The highest BCUT2D eigenvalue weighted by molar-refractivity contribution is 7.98. The molecule has 1 atom stereocenters. The molecule has 148 valence electrons. The van der Waals surface area contributed by atoms with E-state index < -0.39 is 0 Å². The van der Waals surface area contributed by atoms with E-state index in [-0.39, 0.29) is 18.4 Å². The minimum Gasteiger partial charge on any atom is -0.346 e. The molecule has 1 amide bonds. The van der Waals surface area contributed by atoms with Crippen molar-refractivity contribution in [2.75, 3.05) is 12.0 Å². The lowest BCUT2D eigenvalue weighted by atomic mass is 10.2. The Kier molecular flexibility index (Phi) is 6.21. The second-order valence-corrected chi connectivity index (χ2v) is 8.42. The van der Waals surface area contributed by atoms with E-state index in [0.717, 1.165) is 45.4 Å². The molecule has 0 bridgehead atoms. The molecule has 4 rings (SSSR count). The largest absolute Gasteiger partial charge is 0.346 e. The third-order valence-corrected chi connectivity index (χ3v) is 6.02. The average molecular weight is 424 g/mol. The molecule has 0 saturated heterocycles. The van der Waals surface area contributed by atoms with Gasteiger partial charge in [-0.25, -0.2) is 9.97 Å². The second kappa shape index (κ2) is 9.19. The summed E-state index contributed by atoms with van der Waals surface area (Å²) < 4.78 is 0. The van der Waals surface area contributed by atoms with Crippen molar-refractivity contribution in [3.05, 3.63) is 65.6 Å². The first-order valence-electron chi connectivity index (χ1n) is 9.31. The summed E-state index contributed by atoms with van der Waals surface area (Å²) in [7, 11) is 0. The number of rotatable bonds is 8. The van der Waals surface area contributed by atoms with Crippen LogP contribution >= 0.6 is 23.1 Å². The number of amides is 1. The van der Waals surface area contributed by atoms with E-state index in [0.29, 0.717) is 0 Å². The van der Waals surface area contributed by atoms with E-state index in [2.05, 4.69) is 31.5 Å². The first-order chi connectivity index (χ1) is 14.2. The van der Waals surface area contributed by atoms with E-state index in [4.69, 9.17) is 0 Å². The number of carbonyl (C=O) groups is 1. The van der Waals surface area contributed by atoms with Gasteiger partial charge in [0.25, 0.3) is 0 Å². The number of fused-ring (bicyclic) bond motifs is 1. The first kappa shape index (κ1) is 19.6. The normalized spacial score (nSPS) is 12.2. The molecule has 0 radical (unpaired) electrons. The van der Waals surface area contributed by atoms with Gasteiger partial charge < -0.3 is 10.3 Å². The molecule has 0 aliphatic rings. The van der Waals surface area contributed by atoms with Crippen LogP contribution in [0.4, 0.5) is 0 Å². The highest BCUT2D eigenvalue weighted by Crippen LogP contribution is 2.23. The zero-order valence-corrected chi connectivity index (χ0v) is 17.6. The van der Waals surface area contributed by atoms with Gasteiger partial charge in [0.05, 0.1) is 34.9 Å². The summed E-state index contributed by atoms with van der Waals surface area (Å²) in [6.07, 6.45) is 4.85. The predicted octanol–water partition coefficient (Wildman–Crippen LogP) is 4.23. The van der Waals surface area contributed by atoms with Crippen LogP contribution in [0, 0.1) is 0 Å². The number of hydrogen-bond acceptors (Lipinski definition) is 6. The zero-order valence-electron chi connectivity index (χ0n) is 16.0. The number of H-pyrrole nitrogens is 1. The monoisotopic (exact) mass is 423 g/mol. The van der Waals surface area contributed by atoms with Gasteiger partial charge in [-0.1, -0.05) is 18.2 Å². The van der Waals surface area contributed by atoms with Crippen molar-refractivity contribution in [2.45, 2.75) is 18.9 Å². The Labute approximate surface area is 177 Å². The molecule has 0 aliphatic heterocycles. The summed E-state index contributed by atoms with van der Waals surface area (Å²) in [5.74, 6) is 1.66. The van der Waals surface area contributed by atoms with Crippen molar-refractivity contribution < 1.29 is 4.79 Å². The number of aromatic nitrogens is 4. The van der Waals surface area contributed by atoms with Gasteiger partial charge in [-0.2, -0.15) is 11.8 Å². The summed E-state index contributed by atoms with van der Waals surface area (Å²) in [5.41, 5.74) is 3.46. The molecular formula is C21H21N5OS2. The topological polar surface area (TPSA) is 83.6 Å². The fourth-order valence-electron chi connectivity index (χ4n) is 3.06. The Morgan fingerprint density at radius 3 is 2.86 bits per heavy atom. The van der Waals surface area contributed by atoms with Crippen LogP contribution in [0.2, 0.25) is 0 Å². The maximum Gasteiger partial charge on any atom is 0.226 e. The van der Waals surface area contributed by atoms with Crippen LogP contribution in [0.1, 0.15) is 24.0 Å². The number of imidazole rings is 1. The number of aromatic amines is 1. The van der Waals surface area contributed by atoms with E-state index in [1.54, 1.807) is 18.0 Å². The fourth-order valence-corrected chi connectivity index (χ4v) is 4.32. The molecule has 2 N–H and O–H groups in total. The maximum absolute atomic E-state index is 12.7. The first-order valence-corrected chi connectivity index (χ1v) is 11.6. The molecule has 3 heterocycles. The number of thiazole rings is 1.